The number of anilines is 2. The summed E-state index contributed by atoms with van der Waals surface area (Å²) in [5.74, 6) is 2.22. The monoisotopic (exact) mass is 606 g/mol. The third kappa shape index (κ3) is 8.99. The summed E-state index contributed by atoms with van der Waals surface area (Å²) in [4.78, 5) is 33.9. The van der Waals surface area contributed by atoms with Crippen molar-refractivity contribution in [2.75, 3.05) is 22.1 Å². The Morgan fingerprint density at radius 3 is 1.46 bits per heavy atom. The number of carbonyl (C=O) groups excluding carboxylic acids is 2. The van der Waals surface area contributed by atoms with Gasteiger partial charge in [-0.2, -0.15) is 11.8 Å². The van der Waals surface area contributed by atoms with Gasteiger partial charge in [0.05, 0.1) is 11.4 Å². The molecule has 0 bridgehead atoms. The number of thiazole rings is 2. The predicted octanol–water partition coefficient (Wildman–Crippen LogP) is 9.05. The molecular formula is C32H38N4O2S3. The molecule has 0 saturated heterocycles. The average molecular weight is 607 g/mol. The number of hydrogen-bond donors (Lipinski definition) is 2. The van der Waals surface area contributed by atoms with Crippen molar-refractivity contribution in [2.24, 2.45) is 0 Å². The van der Waals surface area contributed by atoms with Gasteiger partial charge in [0.15, 0.2) is 10.3 Å². The summed E-state index contributed by atoms with van der Waals surface area (Å²) < 4.78 is 0. The Balaban J connectivity index is 1.14. The summed E-state index contributed by atoms with van der Waals surface area (Å²) in [6, 6.07) is 17.0. The number of benzene rings is 2. The highest BCUT2D eigenvalue weighted by Crippen LogP contribution is 2.29. The van der Waals surface area contributed by atoms with Gasteiger partial charge in [-0.3, -0.25) is 9.59 Å². The van der Waals surface area contributed by atoms with Crippen LogP contribution in [-0.4, -0.2) is 33.3 Å². The van der Waals surface area contributed by atoms with Gasteiger partial charge in [-0.25, -0.2) is 9.97 Å². The first-order valence-electron chi connectivity index (χ1n) is 14.1. The minimum absolute atomic E-state index is 0.0672. The second kappa shape index (κ2) is 15.3. The quantitative estimate of drug-likeness (QED) is 0.140. The van der Waals surface area contributed by atoms with Crippen molar-refractivity contribution >= 4 is 56.5 Å². The normalized spacial score (nSPS) is 12.6. The molecule has 0 fully saturated rings. The summed E-state index contributed by atoms with van der Waals surface area (Å²) in [6.45, 7) is 8.84. The van der Waals surface area contributed by atoms with Gasteiger partial charge in [0.1, 0.15) is 0 Å². The summed E-state index contributed by atoms with van der Waals surface area (Å²) in [5, 5.41) is 10.9. The molecule has 2 N–H and O–H groups in total. The SMILES string of the molecule is CCC(C)c1ccc(-c2csc(NC(=O)CCSCCC(=O)Nc3nc(-c4ccc(C(C)CC)cc4)cs3)n2)cc1. The second-order valence-electron chi connectivity index (χ2n) is 10.1. The van der Waals surface area contributed by atoms with Crippen LogP contribution in [0.25, 0.3) is 22.5 Å². The number of rotatable bonds is 14. The van der Waals surface area contributed by atoms with Crippen molar-refractivity contribution in [3.05, 3.63) is 70.4 Å². The van der Waals surface area contributed by atoms with Gasteiger partial charge in [0, 0.05) is 46.2 Å². The minimum atomic E-state index is -0.0672. The van der Waals surface area contributed by atoms with E-state index in [0.29, 0.717) is 46.4 Å². The smallest absolute Gasteiger partial charge is 0.226 e. The summed E-state index contributed by atoms with van der Waals surface area (Å²) in [7, 11) is 0. The molecule has 4 aromatic rings. The maximum atomic E-state index is 12.4. The number of hydrogen-bond acceptors (Lipinski definition) is 7. The largest absolute Gasteiger partial charge is 0.302 e. The van der Waals surface area contributed by atoms with Gasteiger partial charge in [-0.1, -0.05) is 76.2 Å². The number of nitrogens with one attached hydrogen (secondary N) is 2. The van der Waals surface area contributed by atoms with Crippen molar-refractivity contribution in [1.29, 1.82) is 0 Å². The third-order valence-electron chi connectivity index (χ3n) is 7.22. The van der Waals surface area contributed by atoms with Crippen molar-refractivity contribution in [2.45, 2.75) is 65.2 Å². The van der Waals surface area contributed by atoms with E-state index in [4.69, 9.17) is 0 Å². The molecule has 216 valence electrons. The molecule has 2 aromatic carbocycles. The minimum Gasteiger partial charge on any atom is -0.302 e. The van der Waals surface area contributed by atoms with E-state index in [2.05, 4.69) is 96.8 Å². The Bertz CT molecular complexity index is 1310. The summed E-state index contributed by atoms with van der Waals surface area (Å²) >= 11 is 4.45. The first-order chi connectivity index (χ1) is 19.9. The topological polar surface area (TPSA) is 84.0 Å². The zero-order valence-corrected chi connectivity index (χ0v) is 26.6. The Hall–Kier alpha value is -3.01. The van der Waals surface area contributed by atoms with Crippen molar-refractivity contribution in [3.8, 4) is 22.5 Å². The van der Waals surface area contributed by atoms with Crippen LogP contribution >= 0.6 is 34.4 Å². The van der Waals surface area contributed by atoms with Crippen LogP contribution in [0.3, 0.4) is 0 Å². The van der Waals surface area contributed by atoms with E-state index < -0.39 is 0 Å². The van der Waals surface area contributed by atoms with E-state index in [1.165, 1.54) is 33.8 Å². The lowest BCUT2D eigenvalue weighted by Gasteiger charge is -2.09. The van der Waals surface area contributed by atoms with E-state index in [-0.39, 0.29) is 11.8 Å². The van der Waals surface area contributed by atoms with Crippen LogP contribution in [0.1, 0.15) is 76.3 Å². The van der Waals surface area contributed by atoms with Crippen LogP contribution in [0.2, 0.25) is 0 Å². The lowest BCUT2D eigenvalue weighted by atomic mass is 9.97. The number of carbonyl (C=O) groups is 2. The molecule has 0 aliphatic rings. The van der Waals surface area contributed by atoms with Crippen molar-refractivity contribution < 1.29 is 9.59 Å². The van der Waals surface area contributed by atoms with Gasteiger partial charge in [0.2, 0.25) is 11.8 Å². The van der Waals surface area contributed by atoms with E-state index in [0.717, 1.165) is 35.4 Å². The number of thioether (sulfide) groups is 1. The van der Waals surface area contributed by atoms with Crippen LogP contribution in [-0.2, 0) is 9.59 Å². The highest BCUT2D eigenvalue weighted by atomic mass is 32.2. The van der Waals surface area contributed by atoms with Crippen LogP contribution in [0, 0.1) is 0 Å². The Labute approximate surface area is 255 Å². The van der Waals surface area contributed by atoms with Gasteiger partial charge in [-0.15, -0.1) is 22.7 Å². The van der Waals surface area contributed by atoms with E-state index in [9.17, 15) is 9.59 Å². The zero-order chi connectivity index (χ0) is 29.2. The van der Waals surface area contributed by atoms with Crippen LogP contribution in [0.5, 0.6) is 0 Å². The van der Waals surface area contributed by atoms with Gasteiger partial charge >= 0.3 is 0 Å². The molecule has 2 heterocycles. The Morgan fingerprint density at radius 2 is 1.10 bits per heavy atom. The first kappa shape index (κ1) is 30.9. The number of amides is 2. The van der Waals surface area contributed by atoms with Crippen LogP contribution in [0.15, 0.2) is 59.3 Å². The highest BCUT2D eigenvalue weighted by molar-refractivity contribution is 7.99. The molecule has 0 spiro atoms. The molecule has 2 amide bonds. The molecule has 2 aromatic heterocycles. The molecule has 2 unspecified atom stereocenters. The maximum Gasteiger partial charge on any atom is 0.226 e. The maximum absolute atomic E-state index is 12.4. The van der Waals surface area contributed by atoms with Crippen LogP contribution in [0.4, 0.5) is 10.3 Å². The standard InChI is InChI=1S/C32H38N4O2S3/c1-5-21(3)23-7-11-25(12-8-23)27-19-40-31(33-27)35-29(37)15-17-39-18-16-30(38)36-32-34-28(20-41-32)26-13-9-24(10-14-26)22(4)6-2/h7-14,19-22H,5-6,15-18H2,1-4H3,(H,33,35,37)(H,34,36,38). The molecule has 0 aliphatic heterocycles. The number of aromatic nitrogens is 2. The molecule has 4 rings (SSSR count). The fraction of sp³-hybridized carbons (Fsp3) is 0.375. The average Bonchev–Trinajstić information content (AvgIpc) is 3.66. The molecule has 6 nitrogen and oxygen atoms in total. The molecule has 0 saturated carbocycles. The van der Waals surface area contributed by atoms with Gasteiger partial charge in [0.25, 0.3) is 0 Å². The summed E-state index contributed by atoms with van der Waals surface area (Å²) in [5.41, 5.74) is 6.48. The van der Waals surface area contributed by atoms with E-state index in [1.54, 1.807) is 11.8 Å². The Kier molecular flexibility index (Phi) is 11.5. The molecule has 0 aliphatic carbocycles. The lowest BCUT2D eigenvalue weighted by Crippen LogP contribution is -2.13. The van der Waals surface area contributed by atoms with E-state index >= 15 is 0 Å². The van der Waals surface area contributed by atoms with Crippen molar-refractivity contribution in [1.82, 2.24) is 9.97 Å². The fourth-order valence-electron chi connectivity index (χ4n) is 4.16. The molecule has 0 radical (unpaired) electrons. The van der Waals surface area contributed by atoms with Gasteiger partial charge in [-0.05, 0) is 35.8 Å². The third-order valence-corrected chi connectivity index (χ3v) is 9.72. The fourth-order valence-corrected chi connectivity index (χ4v) is 6.49. The molecular weight excluding hydrogens is 569 g/mol. The highest BCUT2D eigenvalue weighted by Gasteiger charge is 2.12. The van der Waals surface area contributed by atoms with Crippen LogP contribution < -0.4 is 10.6 Å². The molecule has 41 heavy (non-hydrogen) atoms. The zero-order valence-electron chi connectivity index (χ0n) is 24.1. The lowest BCUT2D eigenvalue weighted by molar-refractivity contribution is -0.116. The predicted molar refractivity (Wildman–Crippen MR) is 176 cm³/mol. The summed E-state index contributed by atoms with van der Waals surface area (Å²) in [6.07, 6.45) is 2.96. The molecule has 2 atom stereocenters. The second-order valence-corrected chi connectivity index (χ2v) is 13.1. The van der Waals surface area contributed by atoms with E-state index in [1.807, 2.05) is 10.8 Å². The molecule has 9 heteroatoms. The first-order valence-corrected chi connectivity index (χ1v) is 17.1. The Morgan fingerprint density at radius 1 is 0.707 bits per heavy atom. The number of nitrogens with zero attached hydrogens (tertiary/aromatic N) is 2. The van der Waals surface area contributed by atoms with Gasteiger partial charge < -0.3 is 10.6 Å². The van der Waals surface area contributed by atoms with Crippen molar-refractivity contribution in [3.63, 3.8) is 0 Å².